The summed E-state index contributed by atoms with van der Waals surface area (Å²) in [7, 11) is 0. The Hall–Kier alpha value is -0.720. The summed E-state index contributed by atoms with van der Waals surface area (Å²) < 4.78 is 26.5. The van der Waals surface area contributed by atoms with Gasteiger partial charge in [0.05, 0.1) is 5.56 Å². The minimum atomic E-state index is -1.02. The Morgan fingerprint density at radius 2 is 2.05 bits per heavy atom. The smallest absolute Gasteiger partial charge is 0.255 e. The molecule has 1 fully saturated rings. The Labute approximate surface area is 131 Å². The molecule has 0 aliphatic carbocycles. The van der Waals surface area contributed by atoms with Crippen LogP contribution < -0.4 is 5.73 Å². The third-order valence-corrected chi connectivity index (χ3v) is 4.23. The maximum Gasteiger partial charge on any atom is 0.255 e. The van der Waals surface area contributed by atoms with Crippen LogP contribution in [0.25, 0.3) is 0 Å². The van der Waals surface area contributed by atoms with Crippen LogP contribution in [0.1, 0.15) is 23.7 Å². The van der Waals surface area contributed by atoms with Crippen molar-refractivity contribution in [3.8, 4) is 0 Å². The van der Waals surface area contributed by atoms with Gasteiger partial charge in [0, 0.05) is 17.6 Å². The highest BCUT2D eigenvalue weighted by Gasteiger charge is 2.35. The fourth-order valence-corrected chi connectivity index (χ4v) is 2.71. The lowest BCUT2D eigenvalue weighted by Crippen LogP contribution is -2.34. The van der Waals surface area contributed by atoms with E-state index in [1.165, 1.54) is 0 Å². The number of amides is 1. The predicted octanol–water partition coefficient (Wildman–Crippen LogP) is 2.96. The van der Waals surface area contributed by atoms with Gasteiger partial charge in [-0.1, -0.05) is 6.92 Å². The van der Waals surface area contributed by atoms with Crippen molar-refractivity contribution < 1.29 is 13.6 Å². The van der Waals surface area contributed by atoms with Gasteiger partial charge < -0.3 is 10.6 Å². The zero-order chi connectivity index (χ0) is 14.2. The van der Waals surface area contributed by atoms with Gasteiger partial charge in [-0.3, -0.25) is 4.79 Å². The number of nitrogens with zero attached hydrogens (tertiary/aromatic N) is 1. The lowest BCUT2D eigenvalue weighted by Gasteiger charge is -2.23. The highest BCUT2D eigenvalue weighted by atomic mass is 79.9. The number of carbonyl (C=O) groups is 1. The van der Waals surface area contributed by atoms with E-state index < -0.39 is 11.6 Å². The fraction of sp³-hybridized carbons (Fsp3) is 0.462. The first kappa shape index (κ1) is 17.3. The Bertz CT molecular complexity index is 529. The highest BCUT2D eigenvalue weighted by Crippen LogP contribution is 2.31. The Morgan fingerprint density at radius 3 is 2.60 bits per heavy atom. The molecule has 1 aromatic carbocycles. The lowest BCUT2D eigenvalue weighted by molar-refractivity contribution is 0.0775. The van der Waals surface area contributed by atoms with Gasteiger partial charge in [-0.05, 0) is 46.4 Å². The normalized spacial score (nSPS) is 21.8. The summed E-state index contributed by atoms with van der Waals surface area (Å²) in [6.07, 6.45) is 0.816. The molecule has 2 rings (SSSR count). The molecule has 1 aliphatic heterocycles. The van der Waals surface area contributed by atoms with Crippen LogP contribution in [-0.4, -0.2) is 30.4 Å². The molecule has 112 valence electrons. The zero-order valence-electron chi connectivity index (χ0n) is 11.0. The van der Waals surface area contributed by atoms with E-state index in [4.69, 9.17) is 5.73 Å². The highest BCUT2D eigenvalue weighted by molar-refractivity contribution is 9.10. The summed E-state index contributed by atoms with van der Waals surface area (Å²) in [5.74, 6) is -2.30. The largest absolute Gasteiger partial charge is 0.338 e. The molecule has 1 aromatic rings. The first-order valence-corrected chi connectivity index (χ1v) is 6.79. The van der Waals surface area contributed by atoms with Crippen molar-refractivity contribution in [2.75, 3.05) is 19.6 Å². The van der Waals surface area contributed by atoms with Gasteiger partial charge >= 0.3 is 0 Å². The number of halogens is 4. The van der Waals surface area contributed by atoms with E-state index in [1.54, 1.807) is 4.90 Å². The van der Waals surface area contributed by atoms with Crippen LogP contribution in [-0.2, 0) is 0 Å². The molecule has 1 amide bonds. The first-order valence-electron chi connectivity index (χ1n) is 6.00. The molecule has 1 aliphatic rings. The molecule has 7 heteroatoms. The van der Waals surface area contributed by atoms with Crippen LogP contribution in [0.5, 0.6) is 0 Å². The number of rotatable bonds is 2. The second-order valence-electron chi connectivity index (χ2n) is 5.24. The molecule has 20 heavy (non-hydrogen) atoms. The van der Waals surface area contributed by atoms with Gasteiger partial charge in [-0.2, -0.15) is 0 Å². The standard InChI is InChI=1S/C13H15BrF2N2O.ClH/c1-13(6-17)2-3-18(7-13)12(19)8-4-10(15)11(16)5-9(8)14;/h4-5H,2-3,6-7,17H2,1H3;1H. The molecule has 1 heterocycles. The number of hydrogen-bond acceptors (Lipinski definition) is 2. The summed E-state index contributed by atoms with van der Waals surface area (Å²) in [6.45, 7) is 3.63. The van der Waals surface area contributed by atoms with Crippen LogP contribution in [0.3, 0.4) is 0 Å². The zero-order valence-corrected chi connectivity index (χ0v) is 13.4. The third kappa shape index (κ3) is 3.30. The summed E-state index contributed by atoms with van der Waals surface area (Å²) in [5.41, 5.74) is 5.73. The first-order chi connectivity index (χ1) is 8.86. The van der Waals surface area contributed by atoms with Crippen molar-refractivity contribution in [3.63, 3.8) is 0 Å². The molecule has 0 spiro atoms. The van der Waals surface area contributed by atoms with Crippen molar-refractivity contribution in [1.29, 1.82) is 0 Å². The Balaban J connectivity index is 0.00000200. The minimum Gasteiger partial charge on any atom is -0.338 e. The van der Waals surface area contributed by atoms with Crippen molar-refractivity contribution in [1.82, 2.24) is 4.90 Å². The lowest BCUT2D eigenvalue weighted by atomic mass is 9.90. The van der Waals surface area contributed by atoms with Crippen molar-refractivity contribution in [2.24, 2.45) is 11.1 Å². The van der Waals surface area contributed by atoms with Gasteiger partial charge in [-0.25, -0.2) is 8.78 Å². The predicted molar refractivity (Wildman–Crippen MR) is 79.0 cm³/mol. The number of nitrogens with two attached hydrogens (primary N) is 1. The SMILES string of the molecule is CC1(CN)CCN(C(=O)c2cc(F)c(F)cc2Br)C1.Cl. The maximum atomic E-state index is 13.2. The summed E-state index contributed by atoms with van der Waals surface area (Å²) in [4.78, 5) is 13.9. The van der Waals surface area contributed by atoms with E-state index in [0.29, 0.717) is 19.6 Å². The molecule has 0 radical (unpaired) electrons. The quantitative estimate of drug-likeness (QED) is 0.815. The van der Waals surface area contributed by atoms with E-state index in [0.717, 1.165) is 18.6 Å². The molecule has 1 unspecified atom stereocenters. The van der Waals surface area contributed by atoms with Crippen molar-refractivity contribution in [3.05, 3.63) is 33.8 Å². The van der Waals surface area contributed by atoms with Crippen LogP contribution in [0, 0.1) is 17.0 Å². The molecule has 3 nitrogen and oxygen atoms in total. The van der Waals surface area contributed by atoms with E-state index in [1.807, 2.05) is 6.92 Å². The van der Waals surface area contributed by atoms with Crippen molar-refractivity contribution >= 4 is 34.2 Å². The summed E-state index contributed by atoms with van der Waals surface area (Å²) >= 11 is 3.10. The molecule has 1 saturated heterocycles. The van der Waals surface area contributed by atoms with Crippen LogP contribution >= 0.6 is 28.3 Å². The van der Waals surface area contributed by atoms with E-state index in [2.05, 4.69) is 15.9 Å². The van der Waals surface area contributed by atoms with Crippen LogP contribution in [0.2, 0.25) is 0 Å². The van der Waals surface area contributed by atoms with Crippen LogP contribution in [0.15, 0.2) is 16.6 Å². The molecule has 1 atom stereocenters. The second kappa shape index (κ2) is 6.37. The maximum absolute atomic E-state index is 13.2. The Kier molecular flexibility index (Phi) is 5.52. The molecule has 2 N–H and O–H groups in total. The van der Waals surface area contributed by atoms with Gasteiger partial charge in [-0.15, -0.1) is 12.4 Å². The van der Waals surface area contributed by atoms with E-state index in [9.17, 15) is 13.6 Å². The Morgan fingerprint density at radius 1 is 1.45 bits per heavy atom. The number of carbonyl (C=O) groups excluding carboxylic acids is 1. The topological polar surface area (TPSA) is 46.3 Å². The fourth-order valence-electron chi connectivity index (χ4n) is 2.22. The number of likely N-dealkylation sites (tertiary alicyclic amines) is 1. The summed E-state index contributed by atoms with van der Waals surface area (Å²) in [5, 5.41) is 0. The molecule has 0 aromatic heterocycles. The average Bonchev–Trinajstić information content (AvgIpc) is 2.77. The summed E-state index contributed by atoms with van der Waals surface area (Å²) in [6, 6.07) is 1.90. The van der Waals surface area contributed by atoms with Crippen LogP contribution in [0.4, 0.5) is 8.78 Å². The van der Waals surface area contributed by atoms with Gasteiger partial charge in [0.15, 0.2) is 11.6 Å². The third-order valence-electron chi connectivity index (χ3n) is 3.58. The molecule has 0 saturated carbocycles. The molecular weight excluding hydrogens is 354 g/mol. The molecule has 0 bridgehead atoms. The van der Waals surface area contributed by atoms with Crippen molar-refractivity contribution in [2.45, 2.75) is 13.3 Å². The molecular formula is C13H16BrClF2N2O. The number of hydrogen-bond donors (Lipinski definition) is 1. The van der Waals surface area contributed by atoms with Gasteiger partial charge in [0.1, 0.15) is 0 Å². The minimum absolute atomic E-state index is 0. The van der Waals surface area contributed by atoms with E-state index in [-0.39, 0.29) is 33.8 Å². The van der Waals surface area contributed by atoms with Gasteiger partial charge in [0.2, 0.25) is 0 Å². The number of benzene rings is 1. The average molecular weight is 370 g/mol. The van der Waals surface area contributed by atoms with E-state index >= 15 is 0 Å². The van der Waals surface area contributed by atoms with Gasteiger partial charge in [0.25, 0.3) is 5.91 Å². The second-order valence-corrected chi connectivity index (χ2v) is 6.09. The monoisotopic (exact) mass is 368 g/mol.